The number of nitrogens with zero attached hydrogens (tertiary/aromatic N) is 2. The van der Waals surface area contributed by atoms with Crippen molar-refractivity contribution in [2.45, 2.75) is 33.1 Å². The summed E-state index contributed by atoms with van der Waals surface area (Å²) in [6.45, 7) is 6.11. The molecular weight excluding hydrogens is 288 g/mol. The molecule has 1 saturated heterocycles. The normalized spacial score (nSPS) is 19.5. The van der Waals surface area contributed by atoms with Crippen LogP contribution in [0.4, 0.5) is 5.82 Å². The smallest absolute Gasteiger partial charge is 0.255 e. The number of pyridine rings is 1. The van der Waals surface area contributed by atoms with Crippen LogP contribution in [-0.2, 0) is 0 Å². The van der Waals surface area contributed by atoms with Gasteiger partial charge in [-0.2, -0.15) is 0 Å². The first kappa shape index (κ1) is 16.0. The Bertz CT molecular complexity index is 506. The van der Waals surface area contributed by atoms with E-state index in [1.807, 2.05) is 4.90 Å². The van der Waals surface area contributed by atoms with Gasteiger partial charge in [0.05, 0.1) is 10.6 Å². The van der Waals surface area contributed by atoms with Crippen molar-refractivity contribution in [2.24, 2.45) is 17.7 Å². The van der Waals surface area contributed by atoms with Crippen LogP contribution < -0.4 is 11.3 Å². The van der Waals surface area contributed by atoms with Gasteiger partial charge in [0, 0.05) is 19.3 Å². The molecule has 1 aliphatic heterocycles. The van der Waals surface area contributed by atoms with Crippen molar-refractivity contribution in [3.63, 3.8) is 0 Å². The number of anilines is 1. The molecule has 1 atom stereocenters. The molecule has 1 aromatic heterocycles. The third-order valence-corrected chi connectivity index (χ3v) is 4.52. The minimum atomic E-state index is -0.00243. The molecule has 5 nitrogen and oxygen atoms in total. The Hall–Kier alpha value is -1.33. The summed E-state index contributed by atoms with van der Waals surface area (Å²) in [4.78, 5) is 18.5. The lowest BCUT2D eigenvalue weighted by Crippen LogP contribution is -2.32. The van der Waals surface area contributed by atoms with Gasteiger partial charge in [0.15, 0.2) is 5.82 Å². The van der Waals surface area contributed by atoms with E-state index in [1.54, 1.807) is 6.07 Å². The van der Waals surface area contributed by atoms with Crippen LogP contribution in [0.15, 0.2) is 12.3 Å². The number of hydrogen-bond donors (Lipinski definition) is 2. The van der Waals surface area contributed by atoms with Crippen molar-refractivity contribution < 1.29 is 4.79 Å². The Labute approximate surface area is 130 Å². The van der Waals surface area contributed by atoms with Gasteiger partial charge in [-0.05, 0) is 37.2 Å². The average molecular weight is 311 g/mol. The van der Waals surface area contributed by atoms with E-state index in [2.05, 4.69) is 24.3 Å². The zero-order valence-electron chi connectivity index (χ0n) is 12.6. The van der Waals surface area contributed by atoms with E-state index < -0.39 is 0 Å². The van der Waals surface area contributed by atoms with Gasteiger partial charge in [0.2, 0.25) is 0 Å². The Kier molecular flexibility index (Phi) is 5.42. The third-order valence-electron chi connectivity index (χ3n) is 4.23. The maximum Gasteiger partial charge on any atom is 0.255 e. The first-order chi connectivity index (χ1) is 10.0. The molecule has 1 amide bonds. The number of aromatic nitrogens is 1. The van der Waals surface area contributed by atoms with Gasteiger partial charge in [-0.1, -0.05) is 25.4 Å². The molecule has 0 bridgehead atoms. The number of nitrogens with one attached hydrogen (secondary N) is 1. The highest BCUT2D eigenvalue weighted by atomic mass is 35.5. The van der Waals surface area contributed by atoms with Gasteiger partial charge in [-0.3, -0.25) is 4.79 Å². The maximum absolute atomic E-state index is 12.6. The molecule has 1 aromatic rings. The van der Waals surface area contributed by atoms with E-state index in [9.17, 15) is 4.79 Å². The first-order valence-corrected chi connectivity index (χ1v) is 7.82. The van der Waals surface area contributed by atoms with Crippen LogP contribution in [0, 0.1) is 11.8 Å². The molecule has 0 radical (unpaired) electrons. The van der Waals surface area contributed by atoms with E-state index >= 15 is 0 Å². The van der Waals surface area contributed by atoms with Crippen molar-refractivity contribution in [3.8, 4) is 0 Å². The largest absolute Gasteiger partial charge is 0.339 e. The van der Waals surface area contributed by atoms with Crippen LogP contribution in [0.25, 0.3) is 0 Å². The second-order valence-corrected chi connectivity index (χ2v) is 6.33. The van der Waals surface area contributed by atoms with E-state index in [-0.39, 0.29) is 5.91 Å². The molecule has 0 saturated carbocycles. The highest BCUT2D eigenvalue weighted by molar-refractivity contribution is 6.33. The first-order valence-electron chi connectivity index (χ1n) is 7.44. The summed E-state index contributed by atoms with van der Waals surface area (Å²) in [5.41, 5.74) is 2.92. The van der Waals surface area contributed by atoms with Crippen molar-refractivity contribution >= 4 is 23.3 Å². The highest BCUT2D eigenvalue weighted by Gasteiger charge is 2.23. The summed E-state index contributed by atoms with van der Waals surface area (Å²) < 4.78 is 0. The topological polar surface area (TPSA) is 71.2 Å². The Morgan fingerprint density at radius 1 is 1.48 bits per heavy atom. The van der Waals surface area contributed by atoms with Crippen LogP contribution in [0.2, 0.25) is 5.02 Å². The number of rotatable bonds is 3. The summed E-state index contributed by atoms with van der Waals surface area (Å²) in [5.74, 6) is 7.04. The summed E-state index contributed by atoms with van der Waals surface area (Å²) in [6, 6.07) is 1.62. The fourth-order valence-electron chi connectivity index (χ4n) is 2.84. The Morgan fingerprint density at radius 2 is 2.24 bits per heavy atom. The number of amides is 1. The van der Waals surface area contributed by atoms with Gasteiger partial charge >= 0.3 is 0 Å². The lowest BCUT2D eigenvalue weighted by molar-refractivity contribution is 0.0758. The quantitative estimate of drug-likeness (QED) is 0.665. The fourth-order valence-corrected chi connectivity index (χ4v) is 3.06. The van der Waals surface area contributed by atoms with E-state index in [1.165, 1.54) is 12.6 Å². The molecule has 1 fully saturated rings. The van der Waals surface area contributed by atoms with Crippen molar-refractivity contribution in [3.05, 3.63) is 22.8 Å². The molecule has 116 valence electrons. The van der Waals surface area contributed by atoms with Crippen molar-refractivity contribution in [1.29, 1.82) is 0 Å². The van der Waals surface area contributed by atoms with Crippen molar-refractivity contribution in [1.82, 2.24) is 9.88 Å². The number of nitrogens with two attached hydrogens (primary N) is 1. The summed E-state index contributed by atoms with van der Waals surface area (Å²) >= 11 is 6.03. The fraction of sp³-hybridized carbons (Fsp3) is 0.600. The molecule has 3 N–H and O–H groups in total. The average Bonchev–Trinajstić information content (AvgIpc) is 2.72. The molecular formula is C15H23ClN4O. The number of nitrogen functional groups attached to an aromatic ring is 1. The molecule has 0 aromatic carbocycles. The number of hydrazine groups is 1. The molecule has 6 heteroatoms. The summed E-state index contributed by atoms with van der Waals surface area (Å²) in [5, 5.41) is 0.359. The van der Waals surface area contributed by atoms with Gasteiger partial charge in [0.1, 0.15) is 0 Å². The minimum absolute atomic E-state index is 0.00243. The number of carbonyl (C=O) groups excluding carboxylic acids is 1. The van der Waals surface area contributed by atoms with Gasteiger partial charge < -0.3 is 10.3 Å². The van der Waals surface area contributed by atoms with Crippen LogP contribution in [0.5, 0.6) is 0 Å². The molecule has 1 aliphatic rings. The maximum atomic E-state index is 12.6. The standard InChI is InChI=1S/C15H23ClN4O/c1-10(2)11-4-3-6-20(7-5-11)15(21)12-8-13(16)14(19-17)18-9-12/h8-11H,3-7,17H2,1-2H3,(H,18,19). The van der Waals surface area contributed by atoms with Gasteiger partial charge in [0.25, 0.3) is 5.91 Å². The predicted molar refractivity (Wildman–Crippen MR) is 85.1 cm³/mol. The number of carbonyl (C=O) groups is 1. The minimum Gasteiger partial charge on any atom is -0.339 e. The zero-order chi connectivity index (χ0) is 15.4. The Morgan fingerprint density at radius 3 is 2.86 bits per heavy atom. The van der Waals surface area contributed by atoms with Crippen LogP contribution in [-0.4, -0.2) is 28.9 Å². The van der Waals surface area contributed by atoms with Crippen LogP contribution >= 0.6 is 11.6 Å². The highest BCUT2D eigenvalue weighted by Crippen LogP contribution is 2.26. The molecule has 1 unspecified atom stereocenters. The number of halogens is 1. The summed E-state index contributed by atoms with van der Waals surface area (Å²) in [7, 11) is 0. The van der Waals surface area contributed by atoms with E-state index in [4.69, 9.17) is 17.4 Å². The lowest BCUT2D eigenvalue weighted by Gasteiger charge is -2.21. The lowest BCUT2D eigenvalue weighted by atomic mass is 9.89. The molecule has 21 heavy (non-hydrogen) atoms. The third kappa shape index (κ3) is 3.86. The zero-order valence-corrected chi connectivity index (χ0v) is 13.4. The van der Waals surface area contributed by atoms with Crippen molar-refractivity contribution in [2.75, 3.05) is 18.5 Å². The summed E-state index contributed by atoms with van der Waals surface area (Å²) in [6.07, 6.45) is 4.83. The van der Waals surface area contributed by atoms with Crippen LogP contribution in [0.3, 0.4) is 0 Å². The monoisotopic (exact) mass is 310 g/mol. The SMILES string of the molecule is CC(C)C1CCCN(C(=O)c2cnc(NN)c(Cl)c2)CC1. The molecule has 0 aliphatic carbocycles. The number of hydrogen-bond acceptors (Lipinski definition) is 4. The molecule has 2 rings (SSSR count). The van der Waals surface area contributed by atoms with Gasteiger partial charge in [-0.15, -0.1) is 0 Å². The second-order valence-electron chi connectivity index (χ2n) is 5.93. The second kappa shape index (κ2) is 7.09. The predicted octanol–water partition coefficient (Wildman–Crippen LogP) is 2.92. The number of likely N-dealkylation sites (tertiary alicyclic amines) is 1. The Balaban J connectivity index is 2.07. The molecule has 2 heterocycles. The van der Waals surface area contributed by atoms with Crippen LogP contribution in [0.1, 0.15) is 43.5 Å². The van der Waals surface area contributed by atoms with Gasteiger partial charge in [-0.25, -0.2) is 10.8 Å². The van der Waals surface area contributed by atoms with E-state index in [0.717, 1.165) is 25.9 Å². The molecule has 0 spiro atoms. The van der Waals surface area contributed by atoms with E-state index in [0.29, 0.717) is 28.2 Å².